The van der Waals surface area contributed by atoms with Crippen LogP contribution in [0.1, 0.15) is 96.7 Å². The second-order valence-electron chi connectivity index (χ2n) is 7.52. The predicted molar refractivity (Wildman–Crippen MR) is 123 cm³/mol. The summed E-state index contributed by atoms with van der Waals surface area (Å²) < 4.78 is 0. The molecule has 2 aromatic carbocycles. The number of aryl methyl sites for hydroxylation is 1. The average Bonchev–Trinajstić information content (AvgIpc) is 2.75. The highest BCUT2D eigenvalue weighted by Gasteiger charge is 2.16. The number of hydrogen-bond acceptors (Lipinski definition) is 2. The van der Waals surface area contributed by atoms with Crippen LogP contribution >= 0.6 is 0 Å². The zero-order valence-electron chi connectivity index (χ0n) is 18.6. The molecule has 0 aromatic heterocycles. The average molecular weight is 413 g/mol. The molecule has 4 nitrogen and oxygen atoms in total. The molecule has 164 valence electrons. The van der Waals surface area contributed by atoms with Gasteiger partial charge < -0.3 is 10.2 Å². The Morgan fingerprint density at radius 3 is 1.67 bits per heavy atom. The zero-order chi connectivity index (χ0) is 22.4. The van der Waals surface area contributed by atoms with E-state index in [1.54, 1.807) is 30.3 Å². The van der Waals surface area contributed by atoms with Crippen molar-refractivity contribution in [1.29, 1.82) is 0 Å². The van der Waals surface area contributed by atoms with Crippen molar-refractivity contribution in [1.82, 2.24) is 0 Å². The lowest BCUT2D eigenvalue weighted by molar-refractivity contribution is 0.0685. The summed E-state index contributed by atoms with van der Waals surface area (Å²) in [4.78, 5) is 21.7. The summed E-state index contributed by atoms with van der Waals surface area (Å²) in [5, 5.41) is 17.9. The topological polar surface area (TPSA) is 74.6 Å². The van der Waals surface area contributed by atoms with Crippen molar-refractivity contribution in [2.75, 3.05) is 0 Å². The second kappa shape index (κ2) is 14.4. The Bertz CT molecular complexity index is 781. The van der Waals surface area contributed by atoms with Gasteiger partial charge in [-0.1, -0.05) is 64.3 Å². The molecule has 0 heterocycles. The number of carboxylic acids is 2. The fourth-order valence-corrected chi connectivity index (χ4v) is 3.43. The largest absolute Gasteiger partial charge is 0.478 e. The van der Waals surface area contributed by atoms with Gasteiger partial charge in [0.05, 0.1) is 11.1 Å². The van der Waals surface area contributed by atoms with E-state index in [2.05, 4.69) is 26.8 Å². The maximum atomic E-state index is 11.5. The maximum Gasteiger partial charge on any atom is 0.335 e. The lowest BCUT2D eigenvalue weighted by Gasteiger charge is -2.17. The molecule has 2 aromatic rings. The highest BCUT2D eigenvalue weighted by molar-refractivity contribution is 5.90. The molecule has 4 heteroatoms. The van der Waals surface area contributed by atoms with Crippen molar-refractivity contribution < 1.29 is 19.8 Å². The lowest BCUT2D eigenvalue weighted by Crippen LogP contribution is -2.09. The van der Waals surface area contributed by atoms with Gasteiger partial charge in [0.2, 0.25) is 0 Å². The number of carbonyl (C=O) groups is 2. The molecule has 0 bridgehead atoms. The fourth-order valence-electron chi connectivity index (χ4n) is 3.43. The standard InChI is InChI=1S/C19H30O2.C7H6O2/c1-4-7-10-15-13-14-18(19(20)21)17(12-9-6-3)16(15)11-8-5-2;8-7(9)6-4-2-1-3-5-6/h13-14H,4-12H2,1-3H3,(H,20,21);1-5H,(H,8,9). The number of carboxylic acid groups (broad SMARTS) is 2. The summed E-state index contributed by atoms with van der Waals surface area (Å²) in [6.45, 7) is 6.56. The van der Waals surface area contributed by atoms with Crippen LogP contribution in [0, 0.1) is 0 Å². The third-order valence-electron chi connectivity index (χ3n) is 5.14. The molecule has 0 amide bonds. The number of aromatic carboxylic acids is 2. The molecule has 0 aliphatic heterocycles. The van der Waals surface area contributed by atoms with Crippen LogP contribution < -0.4 is 0 Å². The van der Waals surface area contributed by atoms with Crippen molar-refractivity contribution >= 4 is 11.9 Å². The molecule has 0 atom stereocenters. The summed E-state index contributed by atoms with van der Waals surface area (Å²) >= 11 is 0. The van der Waals surface area contributed by atoms with Crippen LogP contribution in [0.15, 0.2) is 42.5 Å². The van der Waals surface area contributed by atoms with Gasteiger partial charge >= 0.3 is 11.9 Å². The minimum Gasteiger partial charge on any atom is -0.478 e. The van der Waals surface area contributed by atoms with Gasteiger partial charge in [-0.25, -0.2) is 9.59 Å². The lowest BCUT2D eigenvalue weighted by atomic mass is 9.87. The van der Waals surface area contributed by atoms with E-state index in [1.807, 2.05) is 6.07 Å². The molecule has 0 saturated heterocycles. The van der Waals surface area contributed by atoms with Crippen LogP contribution in [0.4, 0.5) is 0 Å². The van der Waals surface area contributed by atoms with Crippen LogP contribution in [0.5, 0.6) is 0 Å². The van der Waals surface area contributed by atoms with Crippen LogP contribution in [0.2, 0.25) is 0 Å². The smallest absolute Gasteiger partial charge is 0.335 e. The molecule has 0 radical (unpaired) electrons. The molecule has 0 aliphatic rings. The van der Waals surface area contributed by atoms with Gasteiger partial charge in [0.25, 0.3) is 0 Å². The summed E-state index contributed by atoms with van der Waals surface area (Å²) in [6, 6.07) is 12.2. The molecule has 0 spiro atoms. The minimum atomic E-state index is -0.879. The van der Waals surface area contributed by atoms with E-state index in [0.717, 1.165) is 50.5 Å². The molecule has 0 aliphatic carbocycles. The highest BCUT2D eigenvalue weighted by atomic mass is 16.4. The molecule has 2 rings (SSSR count). The van der Waals surface area contributed by atoms with Gasteiger partial charge in [-0.15, -0.1) is 0 Å². The third-order valence-corrected chi connectivity index (χ3v) is 5.14. The molecular formula is C26H36O4. The Kier molecular flexibility index (Phi) is 12.2. The van der Waals surface area contributed by atoms with E-state index in [9.17, 15) is 14.7 Å². The molecule has 30 heavy (non-hydrogen) atoms. The first-order valence-electron chi connectivity index (χ1n) is 11.1. The van der Waals surface area contributed by atoms with Crippen molar-refractivity contribution in [2.45, 2.75) is 78.6 Å². The number of unbranched alkanes of at least 4 members (excludes halogenated alkanes) is 3. The number of hydrogen-bond donors (Lipinski definition) is 2. The van der Waals surface area contributed by atoms with Crippen molar-refractivity contribution in [2.24, 2.45) is 0 Å². The molecular weight excluding hydrogens is 376 g/mol. The number of rotatable bonds is 11. The van der Waals surface area contributed by atoms with Crippen molar-refractivity contribution in [3.63, 3.8) is 0 Å². The monoisotopic (exact) mass is 412 g/mol. The van der Waals surface area contributed by atoms with Crippen molar-refractivity contribution in [3.8, 4) is 0 Å². The SMILES string of the molecule is CCCCc1ccc(C(=O)O)c(CCCC)c1CCCC.O=C(O)c1ccccc1. The van der Waals surface area contributed by atoms with E-state index < -0.39 is 11.9 Å². The first-order chi connectivity index (χ1) is 14.5. The summed E-state index contributed by atoms with van der Waals surface area (Å²) in [5.74, 6) is -1.66. The maximum absolute atomic E-state index is 11.5. The Morgan fingerprint density at radius 2 is 1.20 bits per heavy atom. The number of benzene rings is 2. The van der Waals surface area contributed by atoms with Gasteiger partial charge in [-0.05, 0) is 73.4 Å². The molecule has 2 N–H and O–H groups in total. The molecule has 0 unspecified atom stereocenters. The van der Waals surface area contributed by atoms with Gasteiger partial charge in [0, 0.05) is 0 Å². The van der Waals surface area contributed by atoms with E-state index in [1.165, 1.54) is 24.0 Å². The predicted octanol–water partition coefficient (Wildman–Crippen LogP) is 6.80. The summed E-state index contributed by atoms with van der Waals surface area (Å²) in [7, 11) is 0. The third kappa shape index (κ3) is 8.40. The van der Waals surface area contributed by atoms with Gasteiger partial charge in [0.1, 0.15) is 0 Å². The zero-order valence-corrected chi connectivity index (χ0v) is 18.6. The Hall–Kier alpha value is -2.62. The Balaban J connectivity index is 0.000000414. The minimum absolute atomic E-state index is 0.331. The van der Waals surface area contributed by atoms with Crippen LogP contribution in [-0.4, -0.2) is 22.2 Å². The first kappa shape index (κ1) is 25.4. The fraction of sp³-hybridized carbons (Fsp3) is 0.462. The van der Waals surface area contributed by atoms with Crippen molar-refractivity contribution in [3.05, 3.63) is 70.3 Å². The second-order valence-corrected chi connectivity index (χ2v) is 7.52. The van der Waals surface area contributed by atoms with Gasteiger partial charge in [-0.3, -0.25) is 0 Å². The van der Waals surface area contributed by atoms with Crippen LogP contribution in [0.25, 0.3) is 0 Å². The Morgan fingerprint density at radius 1 is 0.667 bits per heavy atom. The first-order valence-corrected chi connectivity index (χ1v) is 11.1. The quantitative estimate of drug-likeness (QED) is 0.426. The summed E-state index contributed by atoms with van der Waals surface area (Å²) in [6.07, 6.45) is 9.82. The van der Waals surface area contributed by atoms with E-state index in [-0.39, 0.29) is 0 Å². The van der Waals surface area contributed by atoms with E-state index in [0.29, 0.717) is 11.1 Å². The van der Waals surface area contributed by atoms with Gasteiger partial charge in [-0.2, -0.15) is 0 Å². The normalized spacial score (nSPS) is 10.2. The summed E-state index contributed by atoms with van der Waals surface area (Å²) in [5.41, 5.74) is 4.67. The highest BCUT2D eigenvalue weighted by Crippen LogP contribution is 2.25. The van der Waals surface area contributed by atoms with E-state index in [4.69, 9.17) is 5.11 Å². The molecule has 0 fully saturated rings. The van der Waals surface area contributed by atoms with E-state index >= 15 is 0 Å². The Labute approximate surface area is 181 Å². The van der Waals surface area contributed by atoms with Crippen LogP contribution in [0.3, 0.4) is 0 Å². The van der Waals surface area contributed by atoms with Gasteiger partial charge in [0.15, 0.2) is 0 Å². The molecule has 0 saturated carbocycles. The van der Waals surface area contributed by atoms with Crippen LogP contribution in [-0.2, 0) is 19.3 Å².